The Morgan fingerprint density at radius 2 is 1.57 bits per heavy atom. The molecule has 1 aliphatic heterocycles. The Hall–Kier alpha value is -0.770. The van der Waals surface area contributed by atoms with Crippen LogP contribution in [0.4, 0.5) is 4.79 Å². The fourth-order valence-electron chi connectivity index (χ4n) is 3.85. The third kappa shape index (κ3) is 5.66. The zero-order valence-electron chi connectivity index (χ0n) is 15.9. The molecule has 0 aromatic carbocycles. The minimum absolute atomic E-state index is 0.168. The second-order valence-electron chi connectivity index (χ2n) is 9.49. The van der Waals surface area contributed by atoms with Crippen LogP contribution in [0.1, 0.15) is 73.6 Å². The normalized spacial score (nSPS) is 29.7. The van der Waals surface area contributed by atoms with Crippen molar-refractivity contribution < 1.29 is 9.53 Å². The molecule has 134 valence electrons. The molecule has 2 fully saturated rings. The zero-order valence-corrected chi connectivity index (χ0v) is 15.9. The van der Waals surface area contributed by atoms with E-state index in [0.717, 1.165) is 25.4 Å². The summed E-state index contributed by atoms with van der Waals surface area (Å²) in [6, 6.07) is 1.05. The molecule has 1 unspecified atom stereocenters. The number of nitrogens with zero attached hydrogens (tertiary/aromatic N) is 1. The van der Waals surface area contributed by atoms with Crippen molar-refractivity contribution in [3.8, 4) is 0 Å². The molecule has 1 saturated carbocycles. The summed E-state index contributed by atoms with van der Waals surface area (Å²) in [5.74, 6) is 0.849. The fraction of sp³-hybridized carbons (Fsp3) is 0.947. The highest BCUT2D eigenvalue weighted by molar-refractivity contribution is 5.68. The number of carbonyl (C=O) groups excluding carboxylic acids is 1. The molecular formula is C19H36N2O2. The molecule has 0 spiro atoms. The molecule has 4 nitrogen and oxygen atoms in total. The zero-order chi connectivity index (χ0) is 17.3. The summed E-state index contributed by atoms with van der Waals surface area (Å²) in [7, 11) is 0. The smallest absolute Gasteiger partial charge is 0.410 e. The summed E-state index contributed by atoms with van der Waals surface area (Å²) in [6.07, 6.45) is 6.06. The van der Waals surface area contributed by atoms with Gasteiger partial charge in [0.1, 0.15) is 5.60 Å². The minimum Gasteiger partial charge on any atom is -0.444 e. The molecule has 1 N–H and O–H groups in total. The number of hydrogen-bond acceptors (Lipinski definition) is 3. The van der Waals surface area contributed by atoms with Gasteiger partial charge in [0.05, 0.1) is 0 Å². The van der Waals surface area contributed by atoms with Crippen molar-refractivity contribution in [1.82, 2.24) is 10.2 Å². The van der Waals surface area contributed by atoms with Gasteiger partial charge in [0, 0.05) is 25.2 Å². The molecule has 4 heteroatoms. The lowest BCUT2D eigenvalue weighted by molar-refractivity contribution is 0.0289. The van der Waals surface area contributed by atoms with E-state index in [2.05, 4.69) is 26.1 Å². The molecule has 2 aliphatic rings. The first-order valence-corrected chi connectivity index (χ1v) is 9.28. The monoisotopic (exact) mass is 324 g/mol. The molecule has 0 bridgehead atoms. The largest absolute Gasteiger partial charge is 0.444 e. The third-order valence-corrected chi connectivity index (χ3v) is 5.26. The van der Waals surface area contributed by atoms with E-state index >= 15 is 0 Å². The van der Waals surface area contributed by atoms with Crippen molar-refractivity contribution in [2.45, 2.75) is 91.3 Å². The Labute approximate surface area is 142 Å². The van der Waals surface area contributed by atoms with Crippen LogP contribution in [0.5, 0.6) is 0 Å². The van der Waals surface area contributed by atoms with E-state index in [-0.39, 0.29) is 6.09 Å². The predicted molar refractivity (Wildman–Crippen MR) is 94.5 cm³/mol. The summed E-state index contributed by atoms with van der Waals surface area (Å²) in [5.41, 5.74) is 0.0276. The average molecular weight is 325 g/mol. The van der Waals surface area contributed by atoms with Gasteiger partial charge in [0.25, 0.3) is 0 Å². The molecule has 23 heavy (non-hydrogen) atoms. The lowest BCUT2D eigenvalue weighted by atomic mass is 9.71. The van der Waals surface area contributed by atoms with Crippen LogP contribution in [0, 0.1) is 11.3 Å². The maximum Gasteiger partial charge on any atom is 0.410 e. The fourth-order valence-corrected chi connectivity index (χ4v) is 3.85. The molecule has 1 aliphatic carbocycles. The van der Waals surface area contributed by atoms with E-state index in [9.17, 15) is 4.79 Å². The minimum atomic E-state index is -0.409. The highest BCUT2D eigenvalue weighted by Gasteiger charge is 2.33. The van der Waals surface area contributed by atoms with Crippen LogP contribution in [0.3, 0.4) is 0 Å². The number of nitrogens with one attached hydrogen (secondary N) is 1. The van der Waals surface area contributed by atoms with Crippen LogP contribution in [-0.2, 0) is 4.74 Å². The molecule has 0 radical (unpaired) electrons. The molecule has 1 atom stereocenters. The molecule has 1 heterocycles. The van der Waals surface area contributed by atoms with Crippen LogP contribution in [0.2, 0.25) is 0 Å². The molecule has 2 rings (SSSR count). The van der Waals surface area contributed by atoms with Gasteiger partial charge in [0.15, 0.2) is 0 Å². The quantitative estimate of drug-likeness (QED) is 0.828. The number of ether oxygens (including phenoxy) is 1. The van der Waals surface area contributed by atoms with Gasteiger partial charge in [-0.05, 0) is 64.2 Å². The summed E-state index contributed by atoms with van der Waals surface area (Å²) in [6.45, 7) is 14.4. The van der Waals surface area contributed by atoms with E-state index in [4.69, 9.17) is 4.74 Å². The molecule has 1 saturated heterocycles. The van der Waals surface area contributed by atoms with Crippen molar-refractivity contribution in [2.75, 3.05) is 13.1 Å². The van der Waals surface area contributed by atoms with Gasteiger partial charge < -0.3 is 15.0 Å². The highest BCUT2D eigenvalue weighted by atomic mass is 16.6. The van der Waals surface area contributed by atoms with Gasteiger partial charge in [-0.3, -0.25) is 0 Å². The summed E-state index contributed by atoms with van der Waals surface area (Å²) in [4.78, 5) is 14.0. The lowest BCUT2D eigenvalue weighted by Gasteiger charge is -2.38. The standard InChI is InChI=1S/C19H36N2O2/c1-18(2,3)14-7-9-15(10-8-14)20-16-11-12-21(13-16)17(22)23-19(4,5)6/h14-16,20H,7-13H2,1-6H3. The van der Waals surface area contributed by atoms with Crippen LogP contribution >= 0.6 is 0 Å². The number of likely N-dealkylation sites (tertiary alicyclic amines) is 1. The maximum absolute atomic E-state index is 12.1. The molecule has 1 amide bonds. The van der Waals surface area contributed by atoms with E-state index in [1.54, 1.807) is 0 Å². The van der Waals surface area contributed by atoms with Crippen molar-refractivity contribution >= 4 is 6.09 Å². The van der Waals surface area contributed by atoms with E-state index in [1.165, 1.54) is 25.7 Å². The van der Waals surface area contributed by atoms with Crippen molar-refractivity contribution in [1.29, 1.82) is 0 Å². The predicted octanol–water partition coefficient (Wildman–Crippen LogP) is 4.19. The SMILES string of the molecule is CC(C)(C)OC(=O)N1CCC(NC2CCC(C(C)(C)C)CC2)C1. The van der Waals surface area contributed by atoms with Gasteiger partial charge in [-0.15, -0.1) is 0 Å². The Bertz CT molecular complexity index is 401. The van der Waals surface area contributed by atoms with E-state index in [0.29, 0.717) is 17.5 Å². The Morgan fingerprint density at radius 3 is 2.09 bits per heavy atom. The summed E-state index contributed by atoms with van der Waals surface area (Å²) >= 11 is 0. The van der Waals surface area contributed by atoms with Crippen molar-refractivity contribution in [3.63, 3.8) is 0 Å². The third-order valence-electron chi connectivity index (χ3n) is 5.26. The highest BCUT2D eigenvalue weighted by Crippen LogP contribution is 2.37. The van der Waals surface area contributed by atoms with Gasteiger partial charge in [-0.25, -0.2) is 4.79 Å². The maximum atomic E-state index is 12.1. The van der Waals surface area contributed by atoms with Gasteiger partial charge >= 0.3 is 6.09 Å². The first-order chi connectivity index (χ1) is 10.5. The van der Waals surface area contributed by atoms with Crippen molar-refractivity contribution in [3.05, 3.63) is 0 Å². The van der Waals surface area contributed by atoms with E-state index in [1.807, 2.05) is 25.7 Å². The van der Waals surface area contributed by atoms with Crippen LogP contribution in [-0.4, -0.2) is 41.8 Å². The van der Waals surface area contributed by atoms with Crippen LogP contribution in [0.15, 0.2) is 0 Å². The number of rotatable bonds is 2. The summed E-state index contributed by atoms with van der Waals surface area (Å²) in [5, 5.41) is 3.79. The topological polar surface area (TPSA) is 41.6 Å². The second kappa shape index (κ2) is 7.00. The molecule has 0 aromatic rings. The van der Waals surface area contributed by atoms with Crippen molar-refractivity contribution in [2.24, 2.45) is 11.3 Å². The second-order valence-corrected chi connectivity index (χ2v) is 9.49. The Kier molecular flexibility index (Phi) is 5.65. The van der Waals surface area contributed by atoms with Crippen LogP contribution in [0.25, 0.3) is 0 Å². The average Bonchev–Trinajstić information content (AvgIpc) is 2.85. The number of carbonyl (C=O) groups is 1. The molecule has 0 aromatic heterocycles. The lowest BCUT2D eigenvalue weighted by Crippen LogP contribution is -2.44. The summed E-state index contributed by atoms with van der Waals surface area (Å²) < 4.78 is 5.47. The Balaban J connectivity index is 1.73. The van der Waals surface area contributed by atoms with Gasteiger partial charge in [-0.2, -0.15) is 0 Å². The molecular weight excluding hydrogens is 288 g/mol. The van der Waals surface area contributed by atoms with Gasteiger partial charge in [-0.1, -0.05) is 20.8 Å². The van der Waals surface area contributed by atoms with Crippen LogP contribution < -0.4 is 5.32 Å². The number of hydrogen-bond donors (Lipinski definition) is 1. The van der Waals surface area contributed by atoms with E-state index < -0.39 is 5.60 Å². The first kappa shape index (κ1) is 18.6. The Morgan fingerprint density at radius 1 is 0.957 bits per heavy atom. The first-order valence-electron chi connectivity index (χ1n) is 9.28. The van der Waals surface area contributed by atoms with Gasteiger partial charge in [0.2, 0.25) is 0 Å². The number of amides is 1.